The quantitative estimate of drug-likeness (QED) is 0.618. The van der Waals surface area contributed by atoms with Crippen molar-refractivity contribution in [1.82, 2.24) is 20.0 Å². The van der Waals surface area contributed by atoms with E-state index >= 15 is 0 Å². The SMILES string of the molecule is Cn1nc2ccccc2c1C(=O)NCC1CCN(CCc2ccc(C(F)(F)F)cc2)CC1. The number of aryl methyl sites for hydroxylation is 1. The van der Waals surface area contributed by atoms with Crippen molar-refractivity contribution in [1.29, 1.82) is 0 Å². The van der Waals surface area contributed by atoms with Gasteiger partial charge in [0.1, 0.15) is 5.69 Å². The van der Waals surface area contributed by atoms with E-state index in [0.717, 1.165) is 67.5 Å². The van der Waals surface area contributed by atoms with Gasteiger partial charge in [0, 0.05) is 25.5 Å². The number of alkyl halides is 3. The van der Waals surface area contributed by atoms with Gasteiger partial charge in [-0.1, -0.05) is 30.3 Å². The van der Waals surface area contributed by atoms with E-state index in [0.29, 0.717) is 18.2 Å². The van der Waals surface area contributed by atoms with Crippen LogP contribution in [0.1, 0.15) is 34.5 Å². The average Bonchev–Trinajstić information content (AvgIpc) is 3.12. The first kappa shape index (κ1) is 22.3. The lowest BCUT2D eigenvalue weighted by Gasteiger charge is -2.32. The molecule has 0 radical (unpaired) electrons. The number of amides is 1. The van der Waals surface area contributed by atoms with Gasteiger partial charge in [0.05, 0.1) is 11.1 Å². The molecule has 0 unspecified atom stereocenters. The number of hydrogen-bond acceptors (Lipinski definition) is 3. The molecule has 0 spiro atoms. The molecule has 1 aromatic heterocycles. The third kappa shape index (κ3) is 5.12. The number of benzene rings is 2. The number of nitrogens with one attached hydrogen (secondary N) is 1. The molecule has 32 heavy (non-hydrogen) atoms. The van der Waals surface area contributed by atoms with Crippen LogP contribution in [0, 0.1) is 5.92 Å². The van der Waals surface area contributed by atoms with Gasteiger partial charge in [0.2, 0.25) is 0 Å². The molecule has 0 atom stereocenters. The normalized spacial score (nSPS) is 15.9. The zero-order valence-electron chi connectivity index (χ0n) is 18.0. The van der Waals surface area contributed by atoms with Crippen molar-refractivity contribution in [3.05, 3.63) is 65.4 Å². The molecule has 2 heterocycles. The Bertz CT molecular complexity index is 1070. The molecule has 1 fully saturated rings. The van der Waals surface area contributed by atoms with E-state index in [-0.39, 0.29) is 5.91 Å². The fraction of sp³-hybridized carbons (Fsp3) is 0.417. The van der Waals surface area contributed by atoms with E-state index in [2.05, 4.69) is 15.3 Å². The smallest absolute Gasteiger partial charge is 0.350 e. The largest absolute Gasteiger partial charge is 0.416 e. The van der Waals surface area contributed by atoms with Gasteiger partial charge in [-0.3, -0.25) is 9.48 Å². The molecule has 0 saturated carbocycles. The molecule has 1 saturated heterocycles. The van der Waals surface area contributed by atoms with Crippen LogP contribution < -0.4 is 5.32 Å². The Hall–Kier alpha value is -2.87. The van der Waals surface area contributed by atoms with E-state index in [1.807, 2.05) is 24.3 Å². The zero-order chi connectivity index (χ0) is 22.7. The fourth-order valence-corrected chi connectivity index (χ4v) is 4.30. The molecule has 8 heteroatoms. The first-order chi connectivity index (χ1) is 15.3. The Morgan fingerprint density at radius 1 is 1.09 bits per heavy atom. The lowest BCUT2D eigenvalue weighted by molar-refractivity contribution is -0.137. The standard InChI is InChI=1S/C24H27F3N4O/c1-30-22(20-4-2-3-5-21(20)29-30)23(32)28-16-18-11-14-31(15-12-18)13-10-17-6-8-19(9-7-17)24(25,26)27/h2-9,18H,10-16H2,1H3,(H,28,32). The number of fused-ring (bicyclic) bond motifs is 1. The molecular formula is C24H27F3N4O. The number of nitrogens with zero attached hydrogens (tertiary/aromatic N) is 3. The van der Waals surface area contributed by atoms with Crippen LogP contribution in [0.25, 0.3) is 10.9 Å². The van der Waals surface area contributed by atoms with Gasteiger partial charge in [-0.15, -0.1) is 0 Å². The molecule has 1 aliphatic heterocycles. The number of carbonyl (C=O) groups excluding carboxylic acids is 1. The molecule has 0 bridgehead atoms. The third-order valence-corrected chi connectivity index (χ3v) is 6.21. The molecule has 3 aromatic rings. The third-order valence-electron chi connectivity index (χ3n) is 6.21. The van der Waals surface area contributed by atoms with Gasteiger partial charge in [-0.25, -0.2) is 0 Å². The molecule has 1 N–H and O–H groups in total. The second-order valence-corrected chi connectivity index (χ2v) is 8.43. The van der Waals surface area contributed by atoms with Crippen molar-refractivity contribution in [2.75, 3.05) is 26.2 Å². The predicted octanol–water partition coefficient (Wildman–Crippen LogP) is 4.28. The Labute approximate surface area is 185 Å². The summed E-state index contributed by atoms with van der Waals surface area (Å²) in [7, 11) is 1.78. The minimum atomic E-state index is -4.29. The topological polar surface area (TPSA) is 50.2 Å². The maximum atomic E-state index is 12.7. The van der Waals surface area contributed by atoms with Gasteiger partial charge >= 0.3 is 6.18 Å². The summed E-state index contributed by atoms with van der Waals surface area (Å²) in [6.45, 7) is 3.31. The van der Waals surface area contributed by atoms with Gasteiger partial charge < -0.3 is 10.2 Å². The summed E-state index contributed by atoms with van der Waals surface area (Å²) in [4.78, 5) is 15.1. The van der Waals surface area contributed by atoms with Gasteiger partial charge in [-0.2, -0.15) is 18.3 Å². The molecule has 170 valence electrons. The van der Waals surface area contributed by atoms with Crippen molar-refractivity contribution in [2.24, 2.45) is 13.0 Å². The summed E-state index contributed by atoms with van der Waals surface area (Å²) in [6, 6.07) is 13.0. The van der Waals surface area contributed by atoms with E-state index in [1.54, 1.807) is 23.9 Å². The van der Waals surface area contributed by atoms with E-state index in [4.69, 9.17) is 0 Å². The maximum Gasteiger partial charge on any atom is 0.416 e. The fourth-order valence-electron chi connectivity index (χ4n) is 4.30. The highest BCUT2D eigenvalue weighted by atomic mass is 19.4. The van der Waals surface area contributed by atoms with Gasteiger partial charge in [-0.05, 0) is 62.0 Å². The summed E-state index contributed by atoms with van der Waals surface area (Å²) >= 11 is 0. The van der Waals surface area contributed by atoms with Crippen LogP contribution in [0.3, 0.4) is 0 Å². The first-order valence-corrected chi connectivity index (χ1v) is 10.9. The maximum absolute atomic E-state index is 12.7. The molecule has 5 nitrogen and oxygen atoms in total. The monoisotopic (exact) mass is 444 g/mol. The van der Waals surface area contributed by atoms with Crippen LogP contribution in [0.4, 0.5) is 13.2 Å². The van der Waals surface area contributed by atoms with Crippen LogP contribution in [0.2, 0.25) is 0 Å². The van der Waals surface area contributed by atoms with Crippen molar-refractivity contribution < 1.29 is 18.0 Å². The Balaban J connectivity index is 1.22. The van der Waals surface area contributed by atoms with Crippen LogP contribution in [-0.4, -0.2) is 46.8 Å². The first-order valence-electron chi connectivity index (χ1n) is 10.9. The number of hydrogen-bond donors (Lipinski definition) is 1. The minimum absolute atomic E-state index is 0.106. The summed E-state index contributed by atoms with van der Waals surface area (Å²) in [5.74, 6) is 0.312. The lowest BCUT2D eigenvalue weighted by Crippen LogP contribution is -2.39. The van der Waals surface area contributed by atoms with E-state index in [1.165, 1.54) is 0 Å². The van der Waals surface area contributed by atoms with Crippen molar-refractivity contribution >= 4 is 16.8 Å². The van der Waals surface area contributed by atoms with Crippen LogP contribution >= 0.6 is 0 Å². The summed E-state index contributed by atoms with van der Waals surface area (Å²) in [5, 5.41) is 8.31. The van der Waals surface area contributed by atoms with E-state index in [9.17, 15) is 18.0 Å². The van der Waals surface area contributed by atoms with Crippen molar-refractivity contribution in [3.8, 4) is 0 Å². The summed E-state index contributed by atoms with van der Waals surface area (Å²) < 4.78 is 39.7. The zero-order valence-corrected chi connectivity index (χ0v) is 18.0. The summed E-state index contributed by atoms with van der Waals surface area (Å²) in [6.07, 6.45) is -1.59. The molecule has 0 aliphatic carbocycles. The predicted molar refractivity (Wildman–Crippen MR) is 117 cm³/mol. The summed E-state index contributed by atoms with van der Waals surface area (Å²) in [5.41, 5.74) is 1.69. The Kier molecular flexibility index (Phi) is 6.50. The van der Waals surface area contributed by atoms with Crippen molar-refractivity contribution in [2.45, 2.75) is 25.4 Å². The average molecular weight is 445 g/mol. The highest BCUT2D eigenvalue weighted by Crippen LogP contribution is 2.29. The highest BCUT2D eigenvalue weighted by molar-refractivity contribution is 6.04. The number of rotatable bonds is 6. The van der Waals surface area contributed by atoms with Crippen LogP contribution in [0.5, 0.6) is 0 Å². The van der Waals surface area contributed by atoms with Crippen LogP contribution in [0.15, 0.2) is 48.5 Å². The number of aromatic nitrogens is 2. The number of likely N-dealkylation sites (tertiary alicyclic amines) is 1. The van der Waals surface area contributed by atoms with Gasteiger partial charge in [0.25, 0.3) is 5.91 Å². The number of halogens is 3. The Morgan fingerprint density at radius 3 is 2.47 bits per heavy atom. The lowest BCUT2D eigenvalue weighted by atomic mass is 9.96. The molecular weight excluding hydrogens is 417 g/mol. The molecule has 1 amide bonds. The minimum Gasteiger partial charge on any atom is -0.350 e. The second kappa shape index (κ2) is 9.32. The molecule has 4 rings (SSSR count). The number of piperidine rings is 1. The highest BCUT2D eigenvalue weighted by Gasteiger charge is 2.30. The van der Waals surface area contributed by atoms with E-state index < -0.39 is 11.7 Å². The molecule has 1 aliphatic rings. The van der Waals surface area contributed by atoms with Gasteiger partial charge in [0.15, 0.2) is 0 Å². The van der Waals surface area contributed by atoms with Crippen molar-refractivity contribution in [3.63, 3.8) is 0 Å². The molecule has 2 aromatic carbocycles. The Morgan fingerprint density at radius 2 is 1.78 bits per heavy atom. The van der Waals surface area contributed by atoms with Crippen LogP contribution in [-0.2, 0) is 19.6 Å². The number of carbonyl (C=O) groups is 1. The second-order valence-electron chi connectivity index (χ2n) is 8.43.